The van der Waals surface area contributed by atoms with Crippen LogP contribution in [0.1, 0.15) is 11.6 Å². The molecular formula is C20H20N6O. The Balaban J connectivity index is 1.42. The number of nitrogens with zero attached hydrogens (tertiary/aromatic N) is 5. The lowest BCUT2D eigenvalue weighted by molar-refractivity contribution is -0.124. The topological polar surface area (TPSA) is 77.6 Å². The lowest BCUT2D eigenvalue weighted by atomic mass is 10.1. The molecule has 0 saturated carbocycles. The van der Waals surface area contributed by atoms with Gasteiger partial charge in [0.1, 0.15) is 12.4 Å². The van der Waals surface area contributed by atoms with E-state index in [0.717, 1.165) is 11.1 Å². The average molecular weight is 360 g/mol. The van der Waals surface area contributed by atoms with Crippen LogP contribution in [0, 0.1) is 0 Å². The first-order valence-corrected chi connectivity index (χ1v) is 8.89. The summed E-state index contributed by atoms with van der Waals surface area (Å²) in [5, 5.41) is 15.5. The number of hydrogen-bond donors (Lipinski definition) is 1. The largest absolute Gasteiger partial charge is 0.352 e. The molecule has 0 saturated heterocycles. The van der Waals surface area contributed by atoms with E-state index in [0.29, 0.717) is 19.5 Å². The van der Waals surface area contributed by atoms with E-state index in [1.54, 1.807) is 0 Å². The number of benzene rings is 2. The van der Waals surface area contributed by atoms with E-state index in [-0.39, 0.29) is 5.91 Å². The fourth-order valence-corrected chi connectivity index (χ4v) is 3.21. The second kappa shape index (κ2) is 7.82. The highest BCUT2D eigenvalue weighted by Crippen LogP contribution is 2.15. The molecule has 7 nitrogen and oxygen atoms in total. The number of amides is 1. The van der Waals surface area contributed by atoms with Gasteiger partial charge in [0.2, 0.25) is 5.91 Å². The molecule has 0 unspecified atom stereocenters. The van der Waals surface area contributed by atoms with Crippen LogP contribution in [0.2, 0.25) is 0 Å². The molecule has 0 fully saturated rings. The second-order valence-electron chi connectivity index (χ2n) is 6.35. The Hall–Kier alpha value is -3.48. The Morgan fingerprint density at radius 1 is 1.04 bits per heavy atom. The van der Waals surface area contributed by atoms with E-state index >= 15 is 0 Å². The van der Waals surface area contributed by atoms with Crippen LogP contribution in [0.5, 0.6) is 0 Å². The number of para-hydroxylation sites is 1. The fourth-order valence-electron chi connectivity index (χ4n) is 3.21. The van der Waals surface area contributed by atoms with Crippen molar-refractivity contribution in [3.05, 3.63) is 78.8 Å². The van der Waals surface area contributed by atoms with Gasteiger partial charge in [0.05, 0.1) is 0 Å². The Bertz CT molecular complexity index is 1010. The maximum Gasteiger partial charge on any atom is 0.245 e. The molecule has 0 aliphatic heterocycles. The smallest absolute Gasteiger partial charge is 0.245 e. The second-order valence-corrected chi connectivity index (χ2v) is 6.35. The fraction of sp³-hybridized carbons (Fsp3) is 0.200. The molecule has 0 spiro atoms. The van der Waals surface area contributed by atoms with Crippen molar-refractivity contribution in [3.63, 3.8) is 0 Å². The summed E-state index contributed by atoms with van der Waals surface area (Å²) in [5.74, 6) is -0.0948. The molecular weight excluding hydrogens is 340 g/mol. The Kier molecular flexibility index (Phi) is 4.91. The van der Waals surface area contributed by atoms with E-state index in [4.69, 9.17) is 0 Å². The molecule has 2 heterocycles. The van der Waals surface area contributed by atoms with Gasteiger partial charge in [-0.2, -0.15) is 0 Å². The van der Waals surface area contributed by atoms with Crippen LogP contribution >= 0.6 is 0 Å². The van der Waals surface area contributed by atoms with Crippen LogP contribution in [0.15, 0.2) is 73.2 Å². The molecule has 1 atom stereocenters. The number of tetrazole rings is 1. The highest BCUT2D eigenvalue weighted by atomic mass is 16.2. The van der Waals surface area contributed by atoms with Gasteiger partial charge in [-0.1, -0.05) is 48.5 Å². The zero-order valence-corrected chi connectivity index (χ0v) is 14.8. The normalized spacial score (nSPS) is 12.1. The Labute approximate surface area is 156 Å². The van der Waals surface area contributed by atoms with Gasteiger partial charge in [0.15, 0.2) is 0 Å². The first-order chi connectivity index (χ1) is 13.3. The maximum absolute atomic E-state index is 12.8. The molecule has 0 aliphatic rings. The summed E-state index contributed by atoms with van der Waals surface area (Å²) in [6, 6.07) is 19.7. The summed E-state index contributed by atoms with van der Waals surface area (Å²) in [5.41, 5.74) is 2.22. The molecule has 136 valence electrons. The average Bonchev–Trinajstić information content (AvgIpc) is 3.37. The van der Waals surface area contributed by atoms with Gasteiger partial charge in [-0.25, -0.2) is 4.68 Å². The number of fused-ring (bicyclic) bond motifs is 1. The quantitative estimate of drug-likeness (QED) is 0.548. The van der Waals surface area contributed by atoms with Crippen molar-refractivity contribution in [2.75, 3.05) is 6.54 Å². The highest BCUT2D eigenvalue weighted by Gasteiger charge is 2.22. The summed E-state index contributed by atoms with van der Waals surface area (Å²) < 4.78 is 3.65. The van der Waals surface area contributed by atoms with E-state index < -0.39 is 6.04 Å². The van der Waals surface area contributed by atoms with Crippen LogP contribution in [0.25, 0.3) is 10.9 Å². The molecule has 4 rings (SSSR count). The van der Waals surface area contributed by atoms with Crippen molar-refractivity contribution >= 4 is 16.8 Å². The third-order valence-electron chi connectivity index (χ3n) is 4.59. The predicted octanol–water partition coefficient (Wildman–Crippen LogP) is 2.23. The van der Waals surface area contributed by atoms with Crippen molar-refractivity contribution in [2.45, 2.75) is 19.0 Å². The molecule has 2 aromatic heterocycles. The third kappa shape index (κ3) is 3.87. The van der Waals surface area contributed by atoms with Gasteiger partial charge >= 0.3 is 0 Å². The third-order valence-corrected chi connectivity index (χ3v) is 4.59. The maximum atomic E-state index is 12.8. The first kappa shape index (κ1) is 17.0. The molecule has 7 heteroatoms. The Morgan fingerprint density at radius 2 is 1.85 bits per heavy atom. The van der Waals surface area contributed by atoms with Gasteiger partial charge < -0.3 is 9.88 Å². The SMILES string of the molecule is O=C(NCCn1ccc2ccccc21)[C@H](Cc1ccccc1)n1cnnn1. The summed E-state index contributed by atoms with van der Waals surface area (Å²) in [6.07, 6.45) is 4.05. The van der Waals surface area contributed by atoms with Gasteiger partial charge in [-0.15, -0.1) is 5.10 Å². The highest BCUT2D eigenvalue weighted by molar-refractivity contribution is 5.81. The molecule has 1 N–H and O–H groups in total. The van der Waals surface area contributed by atoms with Gasteiger partial charge in [0, 0.05) is 31.2 Å². The summed E-state index contributed by atoms with van der Waals surface area (Å²) in [6.45, 7) is 1.23. The van der Waals surface area contributed by atoms with Crippen LogP contribution in [-0.2, 0) is 17.8 Å². The molecule has 0 radical (unpaired) electrons. The van der Waals surface area contributed by atoms with Crippen molar-refractivity contribution in [3.8, 4) is 0 Å². The summed E-state index contributed by atoms with van der Waals surface area (Å²) in [4.78, 5) is 12.8. The minimum absolute atomic E-state index is 0.0948. The molecule has 0 aliphatic carbocycles. The molecule has 0 bridgehead atoms. The minimum atomic E-state index is -0.483. The summed E-state index contributed by atoms with van der Waals surface area (Å²) in [7, 11) is 0. The van der Waals surface area contributed by atoms with Gasteiger partial charge in [-0.3, -0.25) is 4.79 Å². The molecule has 2 aromatic carbocycles. The van der Waals surface area contributed by atoms with Gasteiger partial charge in [-0.05, 0) is 33.5 Å². The van der Waals surface area contributed by atoms with Crippen molar-refractivity contribution < 1.29 is 4.79 Å². The van der Waals surface area contributed by atoms with Crippen molar-refractivity contribution in [2.24, 2.45) is 0 Å². The lowest BCUT2D eigenvalue weighted by Crippen LogP contribution is -2.36. The molecule has 1 amide bonds. The zero-order valence-electron chi connectivity index (χ0n) is 14.8. The minimum Gasteiger partial charge on any atom is -0.352 e. The van der Waals surface area contributed by atoms with Crippen LogP contribution < -0.4 is 5.32 Å². The standard InChI is InChI=1S/C20H20N6O/c27-20(21-11-13-25-12-10-17-8-4-5-9-18(17)25)19(26-15-22-23-24-26)14-16-6-2-1-3-7-16/h1-10,12,15,19H,11,13-14H2,(H,21,27)/t19-/m0/s1. The van der Waals surface area contributed by atoms with E-state index in [1.165, 1.54) is 16.4 Å². The monoisotopic (exact) mass is 360 g/mol. The number of carbonyl (C=O) groups is 1. The molecule has 4 aromatic rings. The number of hydrogen-bond acceptors (Lipinski definition) is 4. The summed E-state index contributed by atoms with van der Waals surface area (Å²) >= 11 is 0. The van der Waals surface area contributed by atoms with E-state index in [1.807, 2.05) is 48.7 Å². The number of rotatable bonds is 7. The molecule has 27 heavy (non-hydrogen) atoms. The van der Waals surface area contributed by atoms with Crippen LogP contribution in [0.4, 0.5) is 0 Å². The van der Waals surface area contributed by atoms with Crippen molar-refractivity contribution in [1.29, 1.82) is 0 Å². The van der Waals surface area contributed by atoms with E-state index in [9.17, 15) is 4.79 Å². The lowest BCUT2D eigenvalue weighted by Gasteiger charge is -2.16. The number of carbonyl (C=O) groups excluding carboxylic acids is 1. The van der Waals surface area contributed by atoms with Crippen molar-refractivity contribution in [1.82, 2.24) is 30.1 Å². The first-order valence-electron chi connectivity index (χ1n) is 8.89. The van der Waals surface area contributed by atoms with Crippen LogP contribution in [0.3, 0.4) is 0 Å². The predicted molar refractivity (Wildman–Crippen MR) is 102 cm³/mol. The number of aromatic nitrogens is 5. The Morgan fingerprint density at radius 3 is 2.67 bits per heavy atom. The zero-order chi connectivity index (χ0) is 18.5. The van der Waals surface area contributed by atoms with Crippen LogP contribution in [-0.4, -0.2) is 37.2 Å². The number of nitrogens with one attached hydrogen (secondary N) is 1. The van der Waals surface area contributed by atoms with Gasteiger partial charge in [0.25, 0.3) is 0 Å². The van der Waals surface area contributed by atoms with E-state index in [2.05, 4.69) is 43.6 Å².